The fourth-order valence-corrected chi connectivity index (χ4v) is 5.39. The van der Waals surface area contributed by atoms with Gasteiger partial charge in [0.1, 0.15) is 5.75 Å². The molecule has 1 amide bonds. The van der Waals surface area contributed by atoms with Crippen molar-refractivity contribution in [1.82, 2.24) is 0 Å². The smallest absolute Gasteiger partial charge is 0.262 e. The molecule has 0 heterocycles. The van der Waals surface area contributed by atoms with E-state index in [2.05, 4.69) is 26.0 Å². The number of hydrogen-bond donors (Lipinski definition) is 2. The first kappa shape index (κ1) is 24.2. The second kappa shape index (κ2) is 10.9. The molecule has 0 radical (unpaired) electrons. The molecular formula is C23H23BrN2O4S2. The lowest BCUT2D eigenvalue weighted by Gasteiger charge is -2.13. The van der Waals surface area contributed by atoms with Crippen LogP contribution in [0.5, 0.6) is 5.75 Å². The summed E-state index contributed by atoms with van der Waals surface area (Å²) in [6.07, 6.45) is 0. The van der Waals surface area contributed by atoms with Crippen LogP contribution in [0, 0.1) is 6.92 Å². The summed E-state index contributed by atoms with van der Waals surface area (Å²) in [5.41, 5.74) is 2.92. The van der Waals surface area contributed by atoms with Crippen LogP contribution in [0.4, 0.5) is 11.4 Å². The van der Waals surface area contributed by atoms with Crippen molar-refractivity contribution in [3.8, 4) is 5.75 Å². The molecule has 9 heteroatoms. The number of thioether (sulfide) groups is 1. The Morgan fingerprint density at radius 3 is 2.47 bits per heavy atom. The molecule has 0 aliphatic carbocycles. The predicted octanol–water partition coefficient (Wildman–Crippen LogP) is 5.44. The van der Waals surface area contributed by atoms with Crippen LogP contribution in [0.1, 0.15) is 11.1 Å². The number of amides is 1. The topological polar surface area (TPSA) is 84.5 Å². The lowest BCUT2D eigenvalue weighted by atomic mass is 10.2. The van der Waals surface area contributed by atoms with Gasteiger partial charge in [-0.1, -0.05) is 40.2 Å². The zero-order chi connectivity index (χ0) is 23.1. The SMILES string of the molecule is COc1ccc(C)cc1NS(=O)(=O)c1ccc(NC(=O)CSCc2ccccc2Br)cc1. The second-order valence-corrected chi connectivity index (χ2v) is 10.5. The Kier molecular flexibility index (Phi) is 8.22. The monoisotopic (exact) mass is 534 g/mol. The van der Waals surface area contributed by atoms with Crippen molar-refractivity contribution >= 4 is 55.0 Å². The van der Waals surface area contributed by atoms with E-state index < -0.39 is 10.0 Å². The van der Waals surface area contributed by atoms with Crippen molar-refractivity contribution in [2.45, 2.75) is 17.6 Å². The minimum Gasteiger partial charge on any atom is -0.495 e. The van der Waals surface area contributed by atoms with Crippen molar-refractivity contribution in [1.29, 1.82) is 0 Å². The first-order valence-corrected chi connectivity index (χ1v) is 13.1. The molecule has 0 fully saturated rings. The Balaban J connectivity index is 1.58. The lowest BCUT2D eigenvalue weighted by Crippen LogP contribution is -2.15. The van der Waals surface area contributed by atoms with Gasteiger partial charge in [0.25, 0.3) is 10.0 Å². The normalized spacial score (nSPS) is 11.1. The Bertz CT molecular complexity index is 1200. The number of nitrogens with one attached hydrogen (secondary N) is 2. The molecule has 0 saturated carbocycles. The fourth-order valence-electron chi connectivity index (χ4n) is 2.89. The first-order chi connectivity index (χ1) is 15.3. The number of rotatable bonds is 9. The highest BCUT2D eigenvalue weighted by atomic mass is 79.9. The molecule has 2 N–H and O–H groups in total. The van der Waals surface area contributed by atoms with Crippen LogP contribution in [-0.4, -0.2) is 27.2 Å². The molecular weight excluding hydrogens is 512 g/mol. The Labute approximate surface area is 200 Å². The van der Waals surface area contributed by atoms with Crippen LogP contribution in [0.3, 0.4) is 0 Å². The maximum absolute atomic E-state index is 12.8. The number of carbonyl (C=O) groups is 1. The Morgan fingerprint density at radius 2 is 1.78 bits per heavy atom. The van der Waals surface area contributed by atoms with Gasteiger partial charge >= 0.3 is 0 Å². The number of hydrogen-bond acceptors (Lipinski definition) is 5. The van der Waals surface area contributed by atoms with Crippen LogP contribution in [0.2, 0.25) is 0 Å². The number of ether oxygens (including phenoxy) is 1. The molecule has 0 saturated heterocycles. The van der Waals surface area contributed by atoms with Gasteiger partial charge < -0.3 is 10.1 Å². The highest BCUT2D eigenvalue weighted by Crippen LogP contribution is 2.28. The summed E-state index contributed by atoms with van der Waals surface area (Å²) in [7, 11) is -2.33. The van der Waals surface area contributed by atoms with Crippen molar-refractivity contribution in [3.05, 3.63) is 82.3 Å². The third kappa shape index (κ3) is 6.51. The summed E-state index contributed by atoms with van der Waals surface area (Å²) in [6.45, 7) is 1.87. The molecule has 0 spiro atoms. The molecule has 0 unspecified atom stereocenters. The molecule has 32 heavy (non-hydrogen) atoms. The number of benzene rings is 3. The quantitative estimate of drug-likeness (QED) is 0.381. The highest BCUT2D eigenvalue weighted by Gasteiger charge is 2.17. The van der Waals surface area contributed by atoms with Crippen molar-refractivity contribution < 1.29 is 17.9 Å². The van der Waals surface area contributed by atoms with E-state index in [-0.39, 0.29) is 16.6 Å². The summed E-state index contributed by atoms with van der Waals surface area (Å²) < 4.78 is 34.3. The molecule has 3 aromatic rings. The number of sulfonamides is 1. The van der Waals surface area contributed by atoms with Crippen LogP contribution >= 0.6 is 27.7 Å². The summed E-state index contributed by atoms with van der Waals surface area (Å²) in [5.74, 6) is 1.28. The number of aryl methyl sites for hydroxylation is 1. The van der Waals surface area contributed by atoms with Crippen LogP contribution in [0.15, 0.2) is 76.1 Å². The molecule has 0 aliphatic heterocycles. The number of carbonyl (C=O) groups excluding carboxylic acids is 1. The van der Waals surface area contributed by atoms with E-state index >= 15 is 0 Å². The van der Waals surface area contributed by atoms with Gasteiger partial charge in [-0.3, -0.25) is 9.52 Å². The number of methoxy groups -OCH3 is 1. The molecule has 0 aromatic heterocycles. The number of anilines is 2. The maximum atomic E-state index is 12.8. The summed E-state index contributed by atoms with van der Waals surface area (Å²) in [6, 6.07) is 19.2. The van der Waals surface area contributed by atoms with Gasteiger partial charge in [-0.15, -0.1) is 11.8 Å². The minimum atomic E-state index is -3.81. The van der Waals surface area contributed by atoms with Gasteiger partial charge in [0.05, 0.1) is 23.4 Å². The zero-order valence-electron chi connectivity index (χ0n) is 17.6. The van der Waals surface area contributed by atoms with Gasteiger partial charge in [0.2, 0.25) is 5.91 Å². The van der Waals surface area contributed by atoms with E-state index in [9.17, 15) is 13.2 Å². The molecule has 168 valence electrons. The van der Waals surface area contributed by atoms with Gasteiger partial charge in [-0.05, 0) is 60.5 Å². The molecule has 6 nitrogen and oxygen atoms in total. The summed E-state index contributed by atoms with van der Waals surface area (Å²) in [5, 5.41) is 2.79. The molecule has 0 atom stereocenters. The minimum absolute atomic E-state index is 0.0855. The Morgan fingerprint density at radius 1 is 1.06 bits per heavy atom. The van der Waals surface area contributed by atoms with Crippen molar-refractivity contribution in [2.24, 2.45) is 0 Å². The molecule has 3 aromatic carbocycles. The lowest BCUT2D eigenvalue weighted by molar-refractivity contribution is -0.113. The van der Waals surface area contributed by atoms with Gasteiger partial charge in [0.15, 0.2) is 0 Å². The molecule has 0 aliphatic rings. The maximum Gasteiger partial charge on any atom is 0.262 e. The van der Waals surface area contributed by atoms with Crippen molar-refractivity contribution in [2.75, 3.05) is 22.9 Å². The van der Waals surface area contributed by atoms with E-state index in [1.165, 1.54) is 31.0 Å². The summed E-state index contributed by atoms with van der Waals surface area (Å²) in [4.78, 5) is 12.3. The third-order valence-corrected chi connectivity index (χ3v) is 7.63. The van der Waals surface area contributed by atoms with Crippen LogP contribution in [0.25, 0.3) is 0 Å². The van der Waals surface area contributed by atoms with E-state index in [1.807, 2.05) is 37.3 Å². The Hall–Kier alpha value is -2.49. The van der Waals surface area contributed by atoms with Gasteiger partial charge in [0, 0.05) is 15.9 Å². The van der Waals surface area contributed by atoms with Gasteiger partial charge in [-0.2, -0.15) is 0 Å². The van der Waals surface area contributed by atoms with Crippen LogP contribution < -0.4 is 14.8 Å². The first-order valence-electron chi connectivity index (χ1n) is 9.67. The second-order valence-electron chi connectivity index (χ2n) is 6.97. The molecule has 0 bridgehead atoms. The summed E-state index contributed by atoms with van der Waals surface area (Å²) >= 11 is 5.00. The average molecular weight is 535 g/mol. The number of halogens is 1. The highest BCUT2D eigenvalue weighted by molar-refractivity contribution is 9.10. The van der Waals surface area contributed by atoms with E-state index in [0.717, 1.165) is 15.6 Å². The molecule has 3 rings (SSSR count). The van der Waals surface area contributed by atoms with Crippen molar-refractivity contribution in [3.63, 3.8) is 0 Å². The predicted molar refractivity (Wildman–Crippen MR) is 134 cm³/mol. The van der Waals surface area contributed by atoms with E-state index in [4.69, 9.17) is 4.74 Å². The zero-order valence-corrected chi connectivity index (χ0v) is 20.8. The van der Waals surface area contributed by atoms with Crippen LogP contribution in [-0.2, 0) is 20.6 Å². The average Bonchev–Trinajstić information content (AvgIpc) is 2.75. The van der Waals surface area contributed by atoms with Gasteiger partial charge in [-0.25, -0.2) is 8.42 Å². The van der Waals surface area contributed by atoms with E-state index in [0.29, 0.717) is 22.9 Å². The third-order valence-electron chi connectivity index (χ3n) is 4.50. The largest absolute Gasteiger partial charge is 0.495 e. The standard InChI is InChI=1S/C23H23BrN2O4S2/c1-16-7-12-22(30-2)21(13-16)26-32(28,29)19-10-8-18(9-11-19)25-23(27)15-31-14-17-5-3-4-6-20(17)24/h3-13,26H,14-15H2,1-2H3,(H,25,27). The van der Waals surface area contributed by atoms with E-state index in [1.54, 1.807) is 24.3 Å². The fraction of sp³-hybridized carbons (Fsp3) is 0.174.